The maximum absolute atomic E-state index is 8.82. The third-order valence-electron chi connectivity index (χ3n) is 3.38. The quantitative estimate of drug-likeness (QED) is 0.560. The highest BCUT2D eigenvalue weighted by atomic mass is 35.5. The molecule has 0 aliphatic heterocycles. The molecule has 0 bridgehead atoms. The predicted octanol–water partition coefficient (Wildman–Crippen LogP) is 2.77. The highest BCUT2D eigenvalue weighted by Gasteiger charge is 2.00. The summed E-state index contributed by atoms with van der Waals surface area (Å²) in [6, 6.07) is 11.3. The van der Waals surface area contributed by atoms with Gasteiger partial charge < -0.3 is 5.11 Å². The van der Waals surface area contributed by atoms with Gasteiger partial charge in [0.25, 0.3) is 0 Å². The molecule has 8 heteroatoms. The minimum atomic E-state index is 0.00678. The first-order valence-corrected chi connectivity index (χ1v) is 8.40. The molecule has 0 aliphatic rings. The van der Waals surface area contributed by atoms with E-state index < -0.39 is 0 Å². The second kappa shape index (κ2) is 8.89. The Bertz CT molecular complexity index is 845. The zero-order valence-electron chi connectivity index (χ0n) is 13.9. The van der Waals surface area contributed by atoms with Crippen LogP contribution in [0.3, 0.4) is 0 Å². The van der Waals surface area contributed by atoms with Crippen molar-refractivity contribution in [1.82, 2.24) is 29.5 Å². The van der Waals surface area contributed by atoms with Gasteiger partial charge >= 0.3 is 0 Å². The normalized spacial score (nSPS) is 10.2. The predicted molar refractivity (Wildman–Crippen MR) is 98.2 cm³/mol. The van der Waals surface area contributed by atoms with Crippen LogP contribution < -0.4 is 0 Å². The zero-order chi connectivity index (χ0) is 18.2. The molecule has 0 fully saturated rings. The van der Waals surface area contributed by atoms with E-state index in [1.165, 1.54) is 0 Å². The van der Waals surface area contributed by atoms with E-state index in [1.807, 2.05) is 42.6 Å². The molecule has 4 aromatic heterocycles. The van der Waals surface area contributed by atoms with Gasteiger partial charge in [0.15, 0.2) is 11.6 Å². The molecule has 0 atom stereocenters. The highest BCUT2D eigenvalue weighted by molar-refractivity contribution is 6.17. The van der Waals surface area contributed by atoms with Crippen LogP contribution in [0.2, 0.25) is 0 Å². The van der Waals surface area contributed by atoms with Gasteiger partial charge in [-0.3, -0.25) is 0 Å². The number of aliphatic hydroxyl groups is 1. The lowest BCUT2D eigenvalue weighted by molar-refractivity contribution is 0.282. The van der Waals surface area contributed by atoms with Gasteiger partial charge in [0.05, 0.1) is 24.9 Å². The lowest BCUT2D eigenvalue weighted by Gasteiger charge is -1.96. The van der Waals surface area contributed by atoms with E-state index in [9.17, 15) is 0 Å². The maximum atomic E-state index is 8.82. The van der Waals surface area contributed by atoms with Crippen LogP contribution in [0.1, 0.15) is 11.1 Å². The van der Waals surface area contributed by atoms with Gasteiger partial charge in [-0.25, -0.2) is 19.3 Å². The molecule has 4 aromatic rings. The van der Waals surface area contributed by atoms with E-state index in [0.717, 1.165) is 22.8 Å². The van der Waals surface area contributed by atoms with E-state index >= 15 is 0 Å². The molecule has 0 saturated carbocycles. The average molecular weight is 369 g/mol. The van der Waals surface area contributed by atoms with E-state index in [4.69, 9.17) is 16.7 Å². The Kier molecular flexibility index (Phi) is 6.08. The number of hydrogen-bond donors (Lipinski definition) is 1. The number of hydrogen-bond acceptors (Lipinski definition) is 5. The Hall–Kier alpha value is -3.03. The summed E-state index contributed by atoms with van der Waals surface area (Å²) in [7, 11) is 0. The van der Waals surface area contributed by atoms with Crippen molar-refractivity contribution in [2.45, 2.75) is 12.5 Å². The lowest BCUT2D eigenvalue weighted by atomic mass is 10.4. The van der Waals surface area contributed by atoms with Crippen LogP contribution in [0, 0.1) is 0 Å². The van der Waals surface area contributed by atoms with Gasteiger partial charge in [0.2, 0.25) is 0 Å². The Balaban J connectivity index is 0.000000151. The first kappa shape index (κ1) is 17.8. The molecule has 132 valence electrons. The van der Waals surface area contributed by atoms with Crippen molar-refractivity contribution in [2.75, 3.05) is 0 Å². The summed E-state index contributed by atoms with van der Waals surface area (Å²) in [5.74, 6) is 2.04. The third kappa shape index (κ3) is 4.53. The summed E-state index contributed by atoms with van der Waals surface area (Å²) in [6.07, 6.45) is 10.4. The number of halogens is 1. The standard InChI is InChI=1S/C9H8ClN3.C9H9N3O/c10-5-8-6-12-13(7-8)9-3-1-2-4-11-9;13-7-8-5-11-12(6-8)9-3-1-2-4-10-9/h1-4,6-7H,5H2;1-6,13H,7H2. The molecule has 7 nitrogen and oxygen atoms in total. The molecular formula is C18H17ClN6O. The minimum Gasteiger partial charge on any atom is -0.392 e. The van der Waals surface area contributed by atoms with Crippen molar-refractivity contribution in [3.05, 3.63) is 84.7 Å². The fourth-order valence-electron chi connectivity index (χ4n) is 2.10. The van der Waals surface area contributed by atoms with Crippen LogP contribution in [0.4, 0.5) is 0 Å². The molecule has 4 rings (SSSR count). The second-order valence-electron chi connectivity index (χ2n) is 5.25. The Morgan fingerprint density at radius 1 is 0.808 bits per heavy atom. The van der Waals surface area contributed by atoms with Crippen LogP contribution in [0.5, 0.6) is 0 Å². The van der Waals surface area contributed by atoms with E-state index in [2.05, 4.69) is 20.2 Å². The Morgan fingerprint density at radius 2 is 1.35 bits per heavy atom. The smallest absolute Gasteiger partial charge is 0.153 e. The van der Waals surface area contributed by atoms with Crippen LogP contribution in [0.25, 0.3) is 11.6 Å². The van der Waals surface area contributed by atoms with Crippen molar-refractivity contribution >= 4 is 11.6 Å². The SMILES string of the molecule is ClCc1cnn(-c2ccccn2)c1.OCc1cnn(-c2ccccn2)c1. The third-order valence-corrected chi connectivity index (χ3v) is 3.69. The number of rotatable bonds is 4. The molecule has 0 saturated heterocycles. The number of alkyl halides is 1. The largest absolute Gasteiger partial charge is 0.392 e. The molecule has 0 aromatic carbocycles. The van der Waals surface area contributed by atoms with Gasteiger partial charge in [-0.15, -0.1) is 11.6 Å². The molecule has 0 spiro atoms. The maximum Gasteiger partial charge on any atom is 0.153 e. The van der Waals surface area contributed by atoms with Crippen molar-refractivity contribution < 1.29 is 5.11 Å². The number of aliphatic hydroxyl groups excluding tert-OH is 1. The molecule has 0 unspecified atom stereocenters. The lowest BCUT2D eigenvalue weighted by Crippen LogP contribution is -1.96. The van der Waals surface area contributed by atoms with Gasteiger partial charge in [-0.05, 0) is 24.3 Å². The number of nitrogens with zero attached hydrogens (tertiary/aromatic N) is 6. The van der Waals surface area contributed by atoms with Crippen molar-refractivity contribution in [3.63, 3.8) is 0 Å². The summed E-state index contributed by atoms with van der Waals surface area (Å²) < 4.78 is 3.34. The number of aromatic nitrogens is 6. The molecule has 26 heavy (non-hydrogen) atoms. The number of pyridine rings is 2. The van der Waals surface area contributed by atoms with Gasteiger partial charge in [0.1, 0.15) is 0 Å². The van der Waals surface area contributed by atoms with E-state index in [-0.39, 0.29) is 6.61 Å². The molecular weight excluding hydrogens is 352 g/mol. The molecule has 4 heterocycles. The topological polar surface area (TPSA) is 81.6 Å². The summed E-state index contributed by atoms with van der Waals surface area (Å²) >= 11 is 5.65. The first-order chi connectivity index (χ1) is 12.8. The molecule has 0 radical (unpaired) electrons. The fourth-order valence-corrected chi connectivity index (χ4v) is 2.24. The second-order valence-corrected chi connectivity index (χ2v) is 5.52. The minimum absolute atomic E-state index is 0.00678. The summed E-state index contributed by atoms with van der Waals surface area (Å²) in [5, 5.41) is 17.0. The van der Waals surface area contributed by atoms with Gasteiger partial charge in [0, 0.05) is 35.9 Å². The van der Waals surface area contributed by atoms with E-state index in [0.29, 0.717) is 5.88 Å². The molecule has 0 amide bonds. The van der Waals surface area contributed by atoms with Crippen LogP contribution in [-0.4, -0.2) is 34.6 Å². The Labute approximate surface area is 155 Å². The fraction of sp³-hybridized carbons (Fsp3) is 0.111. The van der Waals surface area contributed by atoms with Gasteiger partial charge in [-0.2, -0.15) is 10.2 Å². The van der Waals surface area contributed by atoms with Crippen LogP contribution >= 0.6 is 11.6 Å². The molecule has 1 N–H and O–H groups in total. The van der Waals surface area contributed by atoms with Crippen molar-refractivity contribution in [1.29, 1.82) is 0 Å². The van der Waals surface area contributed by atoms with Crippen molar-refractivity contribution in [3.8, 4) is 11.6 Å². The summed E-state index contributed by atoms with van der Waals surface area (Å²) in [6.45, 7) is 0.00678. The summed E-state index contributed by atoms with van der Waals surface area (Å²) in [4.78, 5) is 8.27. The zero-order valence-corrected chi connectivity index (χ0v) is 14.6. The monoisotopic (exact) mass is 368 g/mol. The highest BCUT2D eigenvalue weighted by Crippen LogP contribution is 2.06. The first-order valence-electron chi connectivity index (χ1n) is 7.87. The Morgan fingerprint density at radius 3 is 1.73 bits per heavy atom. The molecule has 0 aliphatic carbocycles. The van der Waals surface area contributed by atoms with E-state index in [1.54, 1.807) is 40.3 Å². The van der Waals surface area contributed by atoms with Crippen molar-refractivity contribution in [2.24, 2.45) is 0 Å². The van der Waals surface area contributed by atoms with Gasteiger partial charge in [-0.1, -0.05) is 12.1 Å². The van der Waals surface area contributed by atoms with Crippen LogP contribution in [0.15, 0.2) is 73.6 Å². The van der Waals surface area contributed by atoms with Crippen LogP contribution in [-0.2, 0) is 12.5 Å². The summed E-state index contributed by atoms with van der Waals surface area (Å²) in [5.41, 5.74) is 1.78. The average Bonchev–Trinajstić information content (AvgIpc) is 3.39.